The number of para-hydroxylation sites is 1. The van der Waals surface area contributed by atoms with Gasteiger partial charge in [0.2, 0.25) is 5.91 Å². The standard InChI is InChI=1S/C19H21FN2O3/c1-13(25-16-12-8-7-11-15(16)20)17(23)21-22-18(24)19(2,3)14-9-5-4-6-10-14/h4-13H,1-3H3,(H,21,23)(H,22,24). The van der Waals surface area contributed by atoms with Crippen molar-refractivity contribution in [2.24, 2.45) is 0 Å². The van der Waals surface area contributed by atoms with Gasteiger partial charge in [-0.05, 0) is 38.5 Å². The molecule has 0 saturated heterocycles. The third kappa shape index (κ3) is 4.56. The maximum Gasteiger partial charge on any atom is 0.279 e. The molecule has 25 heavy (non-hydrogen) atoms. The van der Waals surface area contributed by atoms with E-state index in [0.717, 1.165) is 5.56 Å². The van der Waals surface area contributed by atoms with Gasteiger partial charge in [0.1, 0.15) is 0 Å². The van der Waals surface area contributed by atoms with Gasteiger partial charge in [0, 0.05) is 0 Å². The molecule has 2 aromatic carbocycles. The fourth-order valence-corrected chi connectivity index (χ4v) is 2.15. The van der Waals surface area contributed by atoms with Gasteiger partial charge in [0.15, 0.2) is 17.7 Å². The fraction of sp³-hybridized carbons (Fsp3) is 0.263. The average Bonchev–Trinajstić information content (AvgIpc) is 2.61. The van der Waals surface area contributed by atoms with Crippen LogP contribution in [0.5, 0.6) is 5.75 Å². The second-order valence-corrected chi connectivity index (χ2v) is 6.12. The molecule has 6 heteroatoms. The van der Waals surface area contributed by atoms with Crippen molar-refractivity contribution in [1.82, 2.24) is 10.9 Å². The largest absolute Gasteiger partial charge is 0.478 e. The number of benzene rings is 2. The summed E-state index contributed by atoms with van der Waals surface area (Å²) in [4.78, 5) is 24.4. The number of hydrogen-bond donors (Lipinski definition) is 2. The van der Waals surface area contributed by atoms with Crippen LogP contribution in [0.25, 0.3) is 0 Å². The lowest BCUT2D eigenvalue weighted by Gasteiger charge is -2.24. The summed E-state index contributed by atoms with van der Waals surface area (Å²) in [5.74, 6) is -1.54. The minimum absolute atomic E-state index is 0.0268. The Morgan fingerprint density at radius 2 is 1.60 bits per heavy atom. The molecule has 1 unspecified atom stereocenters. The monoisotopic (exact) mass is 344 g/mol. The number of carbonyl (C=O) groups excluding carboxylic acids is 2. The van der Waals surface area contributed by atoms with Crippen molar-refractivity contribution in [3.8, 4) is 5.75 Å². The lowest BCUT2D eigenvalue weighted by Crippen LogP contribution is -2.52. The number of hydrazine groups is 1. The predicted octanol–water partition coefficient (Wildman–Crippen LogP) is 2.72. The van der Waals surface area contributed by atoms with Crippen LogP contribution in [0, 0.1) is 5.82 Å². The summed E-state index contributed by atoms with van der Waals surface area (Å²) in [7, 11) is 0. The highest BCUT2D eigenvalue weighted by molar-refractivity contribution is 5.90. The third-order valence-corrected chi connectivity index (χ3v) is 3.87. The van der Waals surface area contributed by atoms with Gasteiger partial charge in [-0.15, -0.1) is 0 Å². The molecule has 2 rings (SSSR count). The first-order chi connectivity index (χ1) is 11.8. The Balaban J connectivity index is 1.93. The Morgan fingerprint density at radius 3 is 2.24 bits per heavy atom. The van der Waals surface area contributed by atoms with Crippen molar-refractivity contribution in [2.75, 3.05) is 0 Å². The average molecular weight is 344 g/mol. The molecule has 0 spiro atoms. The second-order valence-electron chi connectivity index (χ2n) is 6.12. The van der Waals surface area contributed by atoms with E-state index in [4.69, 9.17) is 4.74 Å². The summed E-state index contributed by atoms with van der Waals surface area (Å²) in [6.07, 6.45) is -0.975. The summed E-state index contributed by atoms with van der Waals surface area (Å²) in [6, 6.07) is 15.0. The van der Waals surface area contributed by atoms with E-state index < -0.39 is 23.2 Å². The van der Waals surface area contributed by atoms with Gasteiger partial charge in [-0.25, -0.2) is 4.39 Å². The molecule has 2 N–H and O–H groups in total. The van der Waals surface area contributed by atoms with Gasteiger partial charge in [0.05, 0.1) is 5.41 Å². The second kappa shape index (κ2) is 7.79. The number of hydrogen-bond acceptors (Lipinski definition) is 3. The minimum Gasteiger partial charge on any atom is -0.478 e. The van der Waals surface area contributed by atoms with Gasteiger partial charge in [-0.2, -0.15) is 0 Å². The smallest absolute Gasteiger partial charge is 0.279 e. The van der Waals surface area contributed by atoms with E-state index in [0.29, 0.717) is 0 Å². The van der Waals surface area contributed by atoms with E-state index in [-0.39, 0.29) is 11.7 Å². The summed E-state index contributed by atoms with van der Waals surface area (Å²) < 4.78 is 18.8. The molecule has 0 aliphatic heterocycles. The SMILES string of the molecule is CC(Oc1ccccc1F)C(=O)NNC(=O)C(C)(C)c1ccccc1. The Kier molecular flexibility index (Phi) is 5.75. The zero-order valence-electron chi connectivity index (χ0n) is 14.4. The topological polar surface area (TPSA) is 67.4 Å². The molecule has 1 atom stereocenters. The predicted molar refractivity (Wildman–Crippen MR) is 92.2 cm³/mol. The molecule has 0 fully saturated rings. The Morgan fingerprint density at radius 1 is 1.00 bits per heavy atom. The summed E-state index contributed by atoms with van der Waals surface area (Å²) >= 11 is 0. The summed E-state index contributed by atoms with van der Waals surface area (Å²) in [6.45, 7) is 4.97. The van der Waals surface area contributed by atoms with Crippen molar-refractivity contribution in [3.63, 3.8) is 0 Å². The molecular weight excluding hydrogens is 323 g/mol. The van der Waals surface area contributed by atoms with Crippen LogP contribution in [0.4, 0.5) is 4.39 Å². The molecule has 2 amide bonds. The maximum absolute atomic E-state index is 13.5. The van der Waals surface area contributed by atoms with E-state index in [9.17, 15) is 14.0 Å². The highest BCUT2D eigenvalue weighted by Crippen LogP contribution is 2.22. The number of halogens is 1. The Hall–Kier alpha value is -2.89. The molecule has 0 aromatic heterocycles. The van der Waals surface area contributed by atoms with Crippen LogP contribution in [0.1, 0.15) is 26.3 Å². The van der Waals surface area contributed by atoms with Gasteiger partial charge >= 0.3 is 0 Å². The van der Waals surface area contributed by atoms with Crippen molar-refractivity contribution in [1.29, 1.82) is 0 Å². The van der Waals surface area contributed by atoms with Gasteiger partial charge in [-0.3, -0.25) is 20.4 Å². The Labute approximate surface area is 146 Å². The van der Waals surface area contributed by atoms with E-state index in [2.05, 4.69) is 10.9 Å². The molecule has 0 aliphatic rings. The molecule has 132 valence electrons. The van der Waals surface area contributed by atoms with E-state index in [1.54, 1.807) is 19.9 Å². The van der Waals surface area contributed by atoms with Crippen LogP contribution < -0.4 is 15.6 Å². The van der Waals surface area contributed by atoms with Crippen molar-refractivity contribution in [3.05, 3.63) is 66.0 Å². The van der Waals surface area contributed by atoms with E-state index in [1.165, 1.54) is 25.1 Å². The van der Waals surface area contributed by atoms with Crippen LogP contribution in [0.15, 0.2) is 54.6 Å². The first-order valence-electron chi connectivity index (χ1n) is 7.89. The lowest BCUT2D eigenvalue weighted by atomic mass is 9.84. The molecule has 0 bridgehead atoms. The highest BCUT2D eigenvalue weighted by Gasteiger charge is 2.30. The quantitative estimate of drug-likeness (QED) is 0.820. The van der Waals surface area contributed by atoms with E-state index >= 15 is 0 Å². The van der Waals surface area contributed by atoms with Crippen LogP contribution >= 0.6 is 0 Å². The molecule has 2 aromatic rings. The number of rotatable bonds is 5. The molecule has 0 aliphatic carbocycles. The van der Waals surface area contributed by atoms with Crippen molar-refractivity contribution >= 4 is 11.8 Å². The Bertz CT molecular complexity index is 747. The van der Waals surface area contributed by atoms with Gasteiger partial charge in [-0.1, -0.05) is 42.5 Å². The normalized spacial score (nSPS) is 12.2. The van der Waals surface area contributed by atoms with Crippen molar-refractivity contribution in [2.45, 2.75) is 32.3 Å². The summed E-state index contributed by atoms with van der Waals surface area (Å²) in [5, 5.41) is 0. The van der Waals surface area contributed by atoms with Crippen molar-refractivity contribution < 1.29 is 18.7 Å². The van der Waals surface area contributed by atoms with E-state index in [1.807, 2.05) is 30.3 Å². The molecule has 0 radical (unpaired) electrons. The number of carbonyl (C=O) groups is 2. The minimum atomic E-state index is -0.975. The molecular formula is C19H21FN2O3. The maximum atomic E-state index is 13.5. The summed E-state index contributed by atoms with van der Waals surface area (Å²) in [5.41, 5.74) is 4.69. The van der Waals surface area contributed by atoms with Crippen LogP contribution in [0.2, 0.25) is 0 Å². The first kappa shape index (κ1) is 18.4. The van der Waals surface area contributed by atoms with Crippen LogP contribution in [0.3, 0.4) is 0 Å². The molecule has 0 heterocycles. The fourth-order valence-electron chi connectivity index (χ4n) is 2.15. The third-order valence-electron chi connectivity index (χ3n) is 3.87. The number of nitrogens with one attached hydrogen (secondary N) is 2. The van der Waals surface area contributed by atoms with Gasteiger partial charge < -0.3 is 4.74 Å². The highest BCUT2D eigenvalue weighted by atomic mass is 19.1. The van der Waals surface area contributed by atoms with Crippen LogP contribution in [-0.4, -0.2) is 17.9 Å². The molecule has 0 saturated carbocycles. The zero-order valence-corrected chi connectivity index (χ0v) is 14.4. The van der Waals surface area contributed by atoms with Gasteiger partial charge in [0.25, 0.3) is 5.91 Å². The first-order valence-corrected chi connectivity index (χ1v) is 7.89. The zero-order chi connectivity index (χ0) is 18.4. The molecule has 5 nitrogen and oxygen atoms in total. The van der Waals surface area contributed by atoms with Crippen LogP contribution in [-0.2, 0) is 15.0 Å². The number of ether oxygens (including phenoxy) is 1. The lowest BCUT2D eigenvalue weighted by molar-refractivity contribution is -0.134. The number of amides is 2.